The molecule has 12 heavy (non-hydrogen) atoms. The van der Waals surface area contributed by atoms with E-state index in [1.54, 1.807) is 9.34 Å². The van der Waals surface area contributed by atoms with Crippen LogP contribution in [0.3, 0.4) is 0 Å². The van der Waals surface area contributed by atoms with E-state index in [1.807, 2.05) is 28.2 Å². The first-order valence-corrected chi connectivity index (χ1v) is 5.74. The van der Waals surface area contributed by atoms with Crippen molar-refractivity contribution in [3.05, 3.63) is 0 Å². The first kappa shape index (κ1) is 15.1. The monoisotopic (exact) mass is 216 g/mol. The van der Waals surface area contributed by atoms with Crippen molar-refractivity contribution in [1.29, 1.82) is 0 Å². The number of nitrogens with zero attached hydrogens (tertiary/aromatic N) is 2. The lowest BCUT2D eigenvalue weighted by Crippen LogP contribution is -2.15. The third kappa shape index (κ3) is 13.2. The van der Waals surface area contributed by atoms with E-state index in [4.69, 9.17) is 9.79 Å². The highest BCUT2D eigenvalue weighted by Gasteiger charge is 2.07. The normalized spacial score (nSPS) is 11.0. The molecule has 0 aromatic carbocycles. The fourth-order valence-electron chi connectivity index (χ4n) is 0.358. The van der Waals surface area contributed by atoms with Gasteiger partial charge in [-0.05, 0) is 28.2 Å². The molecule has 0 aliphatic carbocycles. The summed E-state index contributed by atoms with van der Waals surface area (Å²) in [7, 11) is 4.76. The second-order valence-electron chi connectivity index (χ2n) is 2.34. The molecule has 0 aliphatic rings. The van der Waals surface area contributed by atoms with E-state index in [0.29, 0.717) is 0 Å². The van der Waals surface area contributed by atoms with E-state index < -0.39 is 16.9 Å². The van der Waals surface area contributed by atoms with E-state index in [1.165, 1.54) is 0 Å². The SMILES string of the molecule is CN(C)P(O)N(C)C.NP(N)O. The van der Waals surface area contributed by atoms with Crippen molar-refractivity contribution in [3.8, 4) is 0 Å². The van der Waals surface area contributed by atoms with Crippen LogP contribution in [-0.2, 0) is 0 Å². The predicted octanol–water partition coefficient (Wildman–Crippen LogP) is -0.548. The number of nitrogens with two attached hydrogens (primary N) is 2. The molecule has 0 heterocycles. The summed E-state index contributed by atoms with van der Waals surface area (Å²) in [6, 6.07) is 0. The summed E-state index contributed by atoms with van der Waals surface area (Å²) in [5.74, 6) is 0. The van der Waals surface area contributed by atoms with Crippen LogP contribution in [0, 0.1) is 0 Å². The summed E-state index contributed by atoms with van der Waals surface area (Å²) in [6.07, 6.45) is 0. The van der Waals surface area contributed by atoms with Crippen LogP contribution in [0.15, 0.2) is 0 Å². The molecular weight excluding hydrogens is 198 g/mol. The zero-order valence-electron chi connectivity index (χ0n) is 7.84. The quantitative estimate of drug-likeness (QED) is 0.462. The second kappa shape index (κ2) is 8.23. The Labute approximate surface area is 76.0 Å². The van der Waals surface area contributed by atoms with Gasteiger partial charge in [0.1, 0.15) is 0 Å². The summed E-state index contributed by atoms with van der Waals surface area (Å²) in [4.78, 5) is 16.8. The molecule has 0 saturated heterocycles. The molecule has 76 valence electrons. The molecule has 0 atom stereocenters. The van der Waals surface area contributed by atoms with Crippen LogP contribution in [0.25, 0.3) is 0 Å². The zero-order valence-corrected chi connectivity index (χ0v) is 9.63. The molecule has 0 fully saturated rings. The lowest BCUT2D eigenvalue weighted by Gasteiger charge is -2.22. The Morgan fingerprint density at radius 2 is 1.08 bits per heavy atom. The van der Waals surface area contributed by atoms with Crippen LogP contribution in [0.1, 0.15) is 0 Å². The van der Waals surface area contributed by atoms with E-state index in [9.17, 15) is 0 Å². The number of hydrogen-bond acceptors (Lipinski definition) is 6. The topological polar surface area (TPSA) is 99.0 Å². The third-order valence-electron chi connectivity index (χ3n) is 0.716. The van der Waals surface area contributed by atoms with Crippen molar-refractivity contribution in [1.82, 2.24) is 9.34 Å². The van der Waals surface area contributed by atoms with Crippen molar-refractivity contribution < 1.29 is 9.79 Å². The molecular formula is C4H18N4O2P2. The van der Waals surface area contributed by atoms with E-state index >= 15 is 0 Å². The lowest BCUT2D eigenvalue weighted by atomic mass is 11.3. The number of rotatable bonds is 2. The van der Waals surface area contributed by atoms with Gasteiger partial charge in [0.05, 0.1) is 0 Å². The van der Waals surface area contributed by atoms with Gasteiger partial charge < -0.3 is 9.79 Å². The van der Waals surface area contributed by atoms with Crippen LogP contribution in [-0.4, -0.2) is 47.3 Å². The van der Waals surface area contributed by atoms with Crippen LogP contribution in [0.4, 0.5) is 0 Å². The number of hydrogen-bond donors (Lipinski definition) is 4. The molecule has 0 amide bonds. The van der Waals surface area contributed by atoms with Gasteiger partial charge >= 0.3 is 0 Å². The Morgan fingerprint density at radius 3 is 1.08 bits per heavy atom. The molecule has 8 heteroatoms. The van der Waals surface area contributed by atoms with Gasteiger partial charge in [0.25, 0.3) is 0 Å². The molecule has 6 N–H and O–H groups in total. The fourth-order valence-corrected chi connectivity index (χ4v) is 1.07. The third-order valence-corrected chi connectivity index (χ3v) is 2.15. The average Bonchev–Trinajstić information content (AvgIpc) is 1.84. The van der Waals surface area contributed by atoms with Crippen molar-refractivity contribution in [2.45, 2.75) is 0 Å². The van der Waals surface area contributed by atoms with Crippen LogP contribution >= 0.6 is 16.9 Å². The summed E-state index contributed by atoms with van der Waals surface area (Å²) in [6.45, 7) is 0. The molecule has 0 aromatic rings. The minimum absolute atomic E-state index is 1.03. The first-order chi connectivity index (χ1) is 5.29. The molecule has 0 radical (unpaired) electrons. The van der Waals surface area contributed by atoms with Crippen molar-refractivity contribution in [2.24, 2.45) is 11.0 Å². The second-order valence-corrected chi connectivity index (χ2v) is 5.24. The highest BCUT2D eigenvalue weighted by molar-refractivity contribution is 7.46. The van der Waals surface area contributed by atoms with Gasteiger partial charge in [-0.3, -0.25) is 20.3 Å². The molecule has 0 spiro atoms. The van der Waals surface area contributed by atoms with E-state index in [2.05, 4.69) is 11.0 Å². The van der Waals surface area contributed by atoms with Gasteiger partial charge in [-0.15, -0.1) is 0 Å². The molecule has 6 nitrogen and oxygen atoms in total. The maximum atomic E-state index is 9.12. The summed E-state index contributed by atoms with van der Waals surface area (Å²) in [5, 5.41) is 0. The largest absolute Gasteiger partial charge is 0.348 e. The molecule has 0 unspecified atom stereocenters. The smallest absolute Gasteiger partial charge is 0.184 e. The highest BCUT2D eigenvalue weighted by Crippen LogP contribution is 2.33. The van der Waals surface area contributed by atoms with Crippen LogP contribution in [0.2, 0.25) is 0 Å². The Hall–Kier alpha value is 0.620. The summed E-state index contributed by atoms with van der Waals surface area (Å²) < 4.78 is 3.57. The van der Waals surface area contributed by atoms with Crippen molar-refractivity contribution in [2.75, 3.05) is 28.2 Å². The molecule has 0 rings (SSSR count). The van der Waals surface area contributed by atoms with Gasteiger partial charge in [-0.25, -0.2) is 0 Å². The fraction of sp³-hybridized carbons (Fsp3) is 1.00. The highest BCUT2D eigenvalue weighted by atomic mass is 31.2. The first-order valence-electron chi connectivity index (χ1n) is 3.11. The molecule has 0 saturated carbocycles. The maximum Gasteiger partial charge on any atom is 0.184 e. The van der Waals surface area contributed by atoms with E-state index in [0.717, 1.165) is 0 Å². The van der Waals surface area contributed by atoms with Gasteiger partial charge in [-0.1, -0.05) is 0 Å². The summed E-state index contributed by atoms with van der Waals surface area (Å²) in [5.41, 5.74) is 9.02. The minimum atomic E-state index is -1.62. The van der Waals surface area contributed by atoms with E-state index in [-0.39, 0.29) is 0 Å². The van der Waals surface area contributed by atoms with Gasteiger partial charge in [-0.2, -0.15) is 0 Å². The van der Waals surface area contributed by atoms with Crippen molar-refractivity contribution >= 4 is 16.9 Å². The van der Waals surface area contributed by atoms with Gasteiger partial charge in [0.2, 0.25) is 0 Å². The Balaban J connectivity index is 0. The Bertz CT molecular complexity index is 92.3. The molecule has 0 aromatic heterocycles. The Morgan fingerprint density at radius 1 is 0.917 bits per heavy atom. The average molecular weight is 216 g/mol. The van der Waals surface area contributed by atoms with Crippen LogP contribution in [0.5, 0.6) is 0 Å². The zero-order chi connectivity index (χ0) is 10.3. The minimum Gasteiger partial charge on any atom is -0.348 e. The standard InChI is InChI=1S/C4H13N2OP.H5N2OP/c1-5(2)8(7)6(3)4;1-4(2)3/h7H,1-4H3;3H,1-2H2. The lowest BCUT2D eigenvalue weighted by molar-refractivity contribution is 0.448. The molecule has 0 bridgehead atoms. The van der Waals surface area contributed by atoms with Crippen molar-refractivity contribution in [3.63, 3.8) is 0 Å². The van der Waals surface area contributed by atoms with Gasteiger partial charge in [0, 0.05) is 0 Å². The predicted molar refractivity (Wildman–Crippen MR) is 54.0 cm³/mol. The van der Waals surface area contributed by atoms with Gasteiger partial charge in [0.15, 0.2) is 16.9 Å². The maximum absolute atomic E-state index is 9.12. The molecule has 0 aliphatic heterocycles. The Kier molecular flexibility index (Phi) is 10.4. The summed E-state index contributed by atoms with van der Waals surface area (Å²) >= 11 is 0. The van der Waals surface area contributed by atoms with Crippen LogP contribution < -0.4 is 11.0 Å².